The van der Waals surface area contributed by atoms with E-state index in [0.717, 1.165) is 30.6 Å². The van der Waals surface area contributed by atoms with Crippen LogP contribution in [0.5, 0.6) is 0 Å². The number of nitrogens with one attached hydrogen (secondary N) is 1. The lowest BCUT2D eigenvalue weighted by Crippen LogP contribution is -2.50. The summed E-state index contributed by atoms with van der Waals surface area (Å²) in [6.45, 7) is 4.04. The minimum atomic E-state index is -0.615. The Labute approximate surface area is 211 Å². The van der Waals surface area contributed by atoms with E-state index in [9.17, 15) is 9.59 Å². The van der Waals surface area contributed by atoms with Gasteiger partial charge in [0.15, 0.2) is 0 Å². The van der Waals surface area contributed by atoms with Gasteiger partial charge in [-0.3, -0.25) is 9.59 Å². The summed E-state index contributed by atoms with van der Waals surface area (Å²) >= 11 is 14.4. The van der Waals surface area contributed by atoms with Gasteiger partial charge in [-0.25, -0.2) is 0 Å². The van der Waals surface area contributed by atoms with Gasteiger partial charge in [0.2, 0.25) is 11.8 Å². The molecule has 1 atom stereocenters. The summed E-state index contributed by atoms with van der Waals surface area (Å²) < 4.78 is 0. The number of nitrogens with zero attached hydrogens (tertiary/aromatic N) is 1. The molecule has 0 bridgehead atoms. The third-order valence-electron chi connectivity index (χ3n) is 6.11. The number of hydrogen-bond acceptors (Lipinski definition) is 3. The van der Waals surface area contributed by atoms with Crippen LogP contribution in [0, 0.1) is 6.92 Å². The molecule has 0 aliphatic heterocycles. The molecule has 7 heteroatoms. The van der Waals surface area contributed by atoms with Crippen molar-refractivity contribution in [3.63, 3.8) is 0 Å². The van der Waals surface area contributed by atoms with E-state index in [4.69, 9.17) is 23.2 Å². The molecule has 2 aromatic carbocycles. The van der Waals surface area contributed by atoms with Crippen molar-refractivity contribution in [2.45, 2.75) is 75.9 Å². The monoisotopic (exact) mass is 506 g/mol. The average Bonchev–Trinajstić information content (AvgIpc) is 2.80. The second kappa shape index (κ2) is 12.7. The summed E-state index contributed by atoms with van der Waals surface area (Å²) in [4.78, 5) is 29.1. The van der Waals surface area contributed by atoms with Crippen LogP contribution in [0.2, 0.25) is 10.0 Å². The second-order valence-corrected chi connectivity index (χ2v) is 10.6. The number of carbonyl (C=O) groups excluding carboxylic acids is 2. The highest BCUT2D eigenvalue weighted by molar-refractivity contribution is 7.99. The Balaban J connectivity index is 1.69. The first kappa shape index (κ1) is 25.9. The molecule has 1 N–H and O–H groups in total. The van der Waals surface area contributed by atoms with Gasteiger partial charge in [0.05, 0.1) is 0 Å². The van der Waals surface area contributed by atoms with Gasteiger partial charge in [0.1, 0.15) is 6.04 Å². The van der Waals surface area contributed by atoms with Crippen LogP contribution < -0.4 is 5.32 Å². The van der Waals surface area contributed by atoms with Crippen LogP contribution in [-0.4, -0.2) is 34.6 Å². The highest BCUT2D eigenvalue weighted by Gasteiger charge is 2.29. The zero-order chi connectivity index (χ0) is 23.8. The van der Waals surface area contributed by atoms with Crippen molar-refractivity contribution in [3.8, 4) is 0 Å². The Morgan fingerprint density at radius 3 is 2.33 bits per heavy atom. The molecule has 2 aromatic rings. The molecule has 0 saturated heterocycles. The van der Waals surface area contributed by atoms with Gasteiger partial charge in [-0.2, -0.15) is 0 Å². The molecule has 178 valence electrons. The number of rotatable bonds is 9. The predicted octanol–water partition coefficient (Wildman–Crippen LogP) is 6.65. The summed E-state index contributed by atoms with van der Waals surface area (Å²) in [5.41, 5.74) is 1.87. The van der Waals surface area contributed by atoms with Gasteiger partial charge < -0.3 is 10.2 Å². The smallest absolute Gasteiger partial charge is 0.242 e. The normalized spacial score (nSPS) is 15.2. The molecule has 0 aromatic heterocycles. The zero-order valence-electron chi connectivity index (χ0n) is 19.3. The van der Waals surface area contributed by atoms with Crippen LogP contribution in [-0.2, 0) is 16.1 Å². The number of amides is 2. The van der Waals surface area contributed by atoms with E-state index in [1.165, 1.54) is 12.0 Å². The Morgan fingerprint density at radius 1 is 1.06 bits per heavy atom. The molecule has 0 unspecified atom stereocenters. The van der Waals surface area contributed by atoms with Crippen LogP contribution >= 0.6 is 35.0 Å². The number of thioether (sulfide) groups is 1. The summed E-state index contributed by atoms with van der Waals surface area (Å²) in [6, 6.07) is 13.1. The molecule has 1 aliphatic carbocycles. The van der Waals surface area contributed by atoms with E-state index in [1.54, 1.807) is 41.8 Å². The Hall–Kier alpha value is -1.69. The van der Waals surface area contributed by atoms with Crippen molar-refractivity contribution in [1.82, 2.24) is 10.2 Å². The van der Waals surface area contributed by atoms with Crippen LogP contribution in [0.15, 0.2) is 47.4 Å². The molecule has 0 heterocycles. The van der Waals surface area contributed by atoms with Crippen molar-refractivity contribution >= 4 is 46.8 Å². The Kier molecular flexibility index (Phi) is 9.96. The lowest BCUT2D eigenvalue weighted by atomic mass is 9.95. The maximum atomic E-state index is 13.3. The maximum absolute atomic E-state index is 13.3. The van der Waals surface area contributed by atoms with Gasteiger partial charge in [-0.1, -0.05) is 66.2 Å². The van der Waals surface area contributed by atoms with E-state index in [1.807, 2.05) is 0 Å². The molecule has 4 nitrogen and oxygen atoms in total. The van der Waals surface area contributed by atoms with Crippen LogP contribution in [0.25, 0.3) is 0 Å². The molecular weight excluding hydrogens is 475 g/mol. The maximum Gasteiger partial charge on any atom is 0.242 e. The first-order chi connectivity index (χ1) is 15.8. The lowest BCUT2D eigenvalue weighted by Gasteiger charge is -2.31. The third kappa shape index (κ3) is 7.66. The van der Waals surface area contributed by atoms with E-state index in [2.05, 4.69) is 36.5 Å². The predicted molar refractivity (Wildman–Crippen MR) is 138 cm³/mol. The molecule has 1 fully saturated rings. The topological polar surface area (TPSA) is 49.4 Å². The molecule has 0 spiro atoms. The van der Waals surface area contributed by atoms with Gasteiger partial charge >= 0.3 is 0 Å². The van der Waals surface area contributed by atoms with Crippen molar-refractivity contribution < 1.29 is 9.59 Å². The number of aryl methyl sites for hydroxylation is 1. The van der Waals surface area contributed by atoms with Crippen LogP contribution in [0.1, 0.15) is 56.6 Å². The van der Waals surface area contributed by atoms with E-state index >= 15 is 0 Å². The first-order valence-corrected chi connectivity index (χ1v) is 13.3. The number of carbonyl (C=O) groups is 2. The minimum absolute atomic E-state index is 0.0862. The van der Waals surface area contributed by atoms with Crippen molar-refractivity contribution in [1.29, 1.82) is 0 Å². The highest BCUT2D eigenvalue weighted by atomic mass is 35.5. The van der Waals surface area contributed by atoms with Crippen molar-refractivity contribution in [2.24, 2.45) is 0 Å². The fourth-order valence-corrected chi connectivity index (χ4v) is 5.40. The summed E-state index contributed by atoms with van der Waals surface area (Å²) in [7, 11) is 0. The van der Waals surface area contributed by atoms with Gasteiger partial charge in [-0.05, 0) is 51.0 Å². The standard InChI is InChI=1S/C26H32Cl2N2O2S/c1-18-11-13-21(14-12-18)33-16-15-25(31)30(17-22-23(27)9-6-10-24(22)28)19(2)26(32)29-20-7-4-3-5-8-20/h6,9-14,19-20H,3-5,7-8,15-17H2,1-2H3,(H,29,32)/t19-/m0/s1. The minimum Gasteiger partial charge on any atom is -0.352 e. The van der Waals surface area contributed by atoms with Crippen LogP contribution in [0.4, 0.5) is 0 Å². The quantitative estimate of drug-likeness (QED) is 0.387. The largest absolute Gasteiger partial charge is 0.352 e. The SMILES string of the molecule is Cc1ccc(SCCC(=O)N(Cc2c(Cl)cccc2Cl)[C@@H](C)C(=O)NC2CCCCC2)cc1. The van der Waals surface area contributed by atoms with Crippen molar-refractivity contribution in [2.75, 3.05) is 5.75 Å². The molecule has 2 amide bonds. The highest BCUT2D eigenvalue weighted by Crippen LogP contribution is 2.27. The van der Waals surface area contributed by atoms with E-state index in [-0.39, 0.29) is 24.4 Å². The molecule has 0 radical (unpaired) electrons. The van der Waals surface area contributed by atoms with Crippen LogP contribution in [0.3, 0.4) is 0 Å². The average molecular weight is 508 g/mol. The summed E-state index contributed by atoms with van der Waals surface area (Å²) in [6.07, 6.45) is 5.80. The van der Waals surface area contributed by atoms with Crippen molar-refractivity contribution in [3.05, 3.63) is 63.6 Å². The van der Waals surface area contributed by atoms with E-state index < -0.39 is 6.04 Å². The zero-order valence-corrected chi connectivity index (χ0v) is 21.6. The summed E-state index contributed by atoms with van der Waals surface area (Å²) in [5.74, 6) is 0.424. The summed E-state index contributed by atoms with van der Waals surface area (Å²) in [5, 5.41) is 4.14. The van der Waals surface area contributed by atoms with E-state index in [0.29, 0.717) is 27.8 Å². The lowest BCUT2D eigenvalue weighted by molar-refractivity contribution is -0.140. The molecular formula is C26H32Cl2N2O2S. The molecule has 1 saturated carbocycles. The number of hydrogen-bond donors (Lipinski definition) is 1. The number of halogens is 2. The fourth-order valence-electron chi connectivity index (χ4n) is 4.04. The fraction of sp³-hybridized carbons (Fsp3) is 0.462. The van der Waals surface area contributed by atoms with Gasteiger partial charge in [-0.15, -0.1) is 11.8 Å². The molecule has 3 rings (SSSR count). The van der Waals surface area contributed by atoms with Gasteiger partial charge in [0.25, 0.3) is 0 Å². The van der Waals surface area contributed by atoms with Gasteiger partial charge in [0, 0.05) is 45.3 Å². The Morgan fingerprint density at radius 2 is 1.70 bits per heavy atom. The molecule has 33 heavy (non-hydrogen) atoms. The Bertz CT molecular complexity index is 926. The molecule has 1 aliphatic rings. The first-order valence-electron chi connectivity index (χ1n) is 11.6. The second-order valence-electron chi connectivity index (χ2n) is 8.65. The third-order valence-corrected chi connectivity index (χ3v) is 7.84. The number of benzene rings is 2.